The van der Waals surface area contributed by atoms with Crippen molar-refractivity contribution in [2.24, 2.45) is 0 Å². The zero-order valence-electron chi connectivity index (χ0n) is 12.2. The molecule has 0 atom stereocenters. The van der Waals surface area contributed by atoms with Crippen molar-refractivity contribution in [2.45, 2.75) is 60.8 Å². The van der Waals surface area contributed by atoms with E-state index in [9.17, 15) is 9.59 Å². The normalized spacial score (nSPS) is 8.12. The Bertz CT molecular complexity index is 178. The van der Waals surface area contributed by atoms with Crippen molar-refractivity contribution in [3.8, 4) is 0 Å². The number of carboxylic acid groups (broad SMARTS) is 1. The van der Waals surface area contributed by atoms with Crippen LogP contribution in [0.4, 0.5) is 0 Å². The van der Waals surface area contributed by atoms with E-state index < -0.39 is 5.97 Å². The Morgan fingerprint density at radius 1 is 0.882 bits per heavy atom. The predicted octanol–water partition coefficient (Wildman–Crippen LogP) is 3.16. The highest BCUT2D eigenvalue weighted by Gasteiger charge is 2.03. The van der Waals surface area contributed by atoms with E-state index in [2.05, 4.69) is 13.8 Å². The highest BCUT2D eigenvalue weighted by molar-refractivity contribution is 5.75. The molecule has 17 heavy (non-hydrogen) atoms. The number of hydrogen-bond donors (Lipinski definition) is 1. The van der Waals surface area contributed by atoms with Crippen LogP contribution in [-0.2, 0) is 9.59 Å². The van der Waals surface area contributed by atoms with E-state index in [1.807, 2.05) is 25.7 Å². The van der Waals surface area contributed by atoms with Crippen LogP contribution in [0.1, 0.15) is 60.8 Å². The predicted molar refractivity (Wildman–Crippen MR) is 72.1 cm³/mol. The summed E-state index contributed by atoms with van der Waals surface area (Å²) in [6, 6.07) is 0. The Hall–Kier alpha value is -1.06. The maximum atomic E-state index is 10.9. The topological polar surface area (TPSA) is 57.6 Å². The molecule has 0 aliphatic rings. The van der Waals surface area contributed by atoms with E-state index in [4.69, 9.17) is 5.11 Å². The Morgan fingerprint density at radius 3 is 1.24 bits per heavy atom. The van der Waals surface area contributed by atoms with Gasteiger partial charge in [-0.2, -0.15) is 0 Å². The fourth-order valence-electron chi connectivity index (χ4n) is 0.800. The van der Waals surface area contributed by atoms with Crippen LogP contribution in [0.5, 0.6) is 0 Å². The Morgan fingerprint density at radius 2 is 1.18 bits per heavy atom. The number of carboxylic acids is 1. The number of carbonyl (C=O) groups is 2. The molecule has 0 heterocycles. The summed E-state index contributed by atoms with van der Waals surface area (Å²) in [4.78, 5) is 22.1. The molecule has 0 rings (SSSR count). The average Bonchev–Trinajstić information content (AvgIpc) is 2.32. The third-order valence-corrected chi connectivity index (χ3v) is 1.72. The Balaban J connectivity index is -0.000000207. The monoisotopic (exact) mass is 247 g/mol. The summed E-state index contributed by atoms with van der Waals surface area (Å²) in [7, 11) is 0. The van der Waals surface area contributed by atoms with Crippen LogP contribution in [0.25, 0.3) is 0 Å². The van der Waals surface area contributed by atoms with E-state index in [1.54, 1.807) is 6.92 Å². The first-order chi connectivity index (χ1) is 7.94. The third kappa shape index (κ3) is 20.9. The van der Waals surface area contributed by atoms with Crippen LogP contribution >= 0.6 is 0 Å². The zero-order valence-corrected chi connectivity index (χ0v) is 12.2. The first-order valence-corrected chi connectivity index (χ1v) is 6.44. The van der Waals surface area contributed by atoms with E-state index >= 15 is 0 Å². The van der Waals surface area contributed by atoms with Gasteiger partial charge in [-0.1, -0.05) is 34.1 Å². The molecule has 0 aromatic rings. The van der Waals surface area contributed by atoms with Crippen LogP contribution in [-0.4, -0.2) is 35.0 Å². The van der Waals surface area contributed by atoms with Gasteiger partial charge >= 0.3 is 5.97 Å². The molecule has 0 saturated carbocycles. The highest BCUT2D eigenvalue weighted by atomic mass is 16.4. The summed E-state index contributed by atoms with van der Waals surface area (Å²) in [5.74, 6) is -0.495. The molecule has 0 aromatic carbocycles. The first kappa shape index (κ1) is 21.2. The molecule has 104 valence electrons. The quantitative estimate of drug-likeness (QED) is 0.830. The van der Waals surface area contributed by atoms with Crippen LogP contribution in [0.2, 0.25) is 0 Å². The molecule has 0 unspecified atom stereocenters. The lowest BCUT2D eigenvalue weighted by molar-refractivity contribution is -0.136. The smallest absolute Gasteiger partial charge is 0.303 e. The molecule has 4 heteroatoms. The second kappa shape index (κ2) is 17.3. The largest absolute Gasteiger partial charge is 0.481 e. The van der Waals surface area contributed by atoms with Gasteiger partial charge < -0.3 is 10.0 Å². The maximum absolute atomic E-state index is 10.9. The van der Waals surface area contributed by atoms with Crippen molar-refractivity contribution in [3.05, 3.63) is 0 Å². The SMILES string of the molecule is CCC.CCC(=O)N(CC)CC.CCC(=O)O. The molecule has 0 aliphatic heterocycles. The van der Waals surface area contributed by atoms with Crippen molar-refractivity contribution < 1.29 is 14.7 Å². The number of aliphatic carboxylic acids is 1. The van der Waals surface area contributed by atoms with Crippen LogP contribution in [0, 0.1) is 0 Å². The number of rotatable bonds is 4. The second-order valence-corrected chi connectivity index (χ2v) is 3.37. The summed E-state index contributed by atoms with van der Waals surface area (Å²) in [6.45, 7) is 13.4. The maximum Gasteiger partial charge on any atom is 0.303 e. The van der Waals surface area contributed by atoms with Crippen molar-refractivity contribution in [1.82, 2.24) is 4.90 Å². The fourth-order valence-corrected chi connectivity index (χ4v) is 0.800. The molecule has 0 radical (unpaired) electrons. The van der Waals surface area contributed by atoms with Gasteiger partial charge in [0.05, 0.1) is 0 Å². The Kier molecular flexibility index (Phi) is 21.7. The fraction of sp³-hybridized carbons (Fsp3) is 0.846. The lowest BCUT2D eigenvalue weighted by Crippen LogP contribution is -2.29. The van der Waals surface area contributed by atoms with Gasteiger partial charge in [-0.05, 0) is 13.8 Å². The van der Waals surface area contributed by atoms with Crippen LogP contribution < -0.4 is 0 Å². The lowest BCUT2D eigenvalue weighted by atomic mass is 10.4. The molecule has 0 fully saturated rings. The molecule has 1 amide bonds. The zero-order chi connectivity index (χ0) is 14.3. The van der Waals surface area contributed by atoms with Gasteiger partial charge in [-0.25, -0.2) is 0 Å². The average molecular weight is 247 g/mol. The minimum atomic E-state index is -0.745. The lowest BCUT2D eigenvalue weighted by Gasteiger charge is -2.16. The molecular formula is C13H29NO3. The van der Waals surface area contributed by atoms with Gasteiger partial charge in [-0.15, -0.1) is 0 Å². The van der Waals surface area contributed by atoms with Gasteiger partial charge in [0, 0.05) is 25.9 Å². The molecule has 1 N–H and O–H groups in total. The number of hydrogen-bond acceptors (Lipinski definition) is 2. The molecule has 0 aliphatic carbocycles. The van der Waals surface area contributed by atoms with Crippen LogP contribution in [0.15, 0.2) is 0 Å². The van der Waals surface area contributed by atoms with E-state index in [0.29, 0.717) is 6.42 Å². The van der Waals surface area contributed by atoms with Gasteiger partial charge in [0.25, 0.3) is 0 Å². The molecule has 0 saturated heterocycles. The second-order valence-electron chi connectivity index (χ2n) is 3.37. The molecular weight excluding hydrogens is 218 g/mol. The van der Waals surface area contributed by atoms with Crippen molar-refractivity contribution in [1.29, 1.82) is 0 Å². The summed E-state index contributed by atoms with van der Waals surface area (Å²) in [5, 5.41) is 7.72. The minimum absolute atomic E-state index is 0.222. The Labute approximate surface area is 106 Å². The summed E-state index contributed by atoms with van der Waals surface area (Å²) in [6.07, 6.45) is 2.10. The third-order valence-electron chi connectivity index (χ3n) is 1.72. The standard InChI is InChI=1S/C7H15NO.C3H6O2.C3H8/c1-4-7(9)8(5-2)6-3;1-2-3(4)5;1-3-2/h4-6H2,1-3H3;2H2,1H3,(H,4,5);3H2,1-2H3. The number of nitrogens with zero attached hydrogens (tertiary/aromatic N) is 1. The van der Waals surface area contributed by atoms with Gasteiger partial charge in [-0.3, -0.25) is 9.59 Å². The number of amides is 1. The van der Waals surface area contributed by atoms with Gasteiger partial charge in [0.2, 0.25) is 5.91 Å². The highest BCUT2D eigenvalue weighted by Crippen LogP contribution is 1.91. The van der Waals surface area contributed by atoms with Crippen molar-refractivity contribution in [3.63, 3.8) is 0 Å². The van der Waals surface area contributed by atoms with Crippen molar-refractivity contribution in [2.75, 3.05) is 13.1 Å². The minimum Gasteiger partial charge on any atom is -0.481 e. The molecule has 0 aromatic heterocycles. The van der Waals surface area contributed by atoms with Gasteiger partial charge in [0.15, 0.2) is 0 Å². The first-order valence-electron chi connectivity index (χ1n) is 6.44. The van der Waals surface area contributed by atoms with E-state index in [-0.39, 0.29) is 12.3 Å². The van der Waals surface area contributed by atoms with Gasteiger partial charge in [0.1, 0.15) is 0 Å². The van der Waals surface area contributed by atoms with E-state index in [1.165, 1.54) is 6.42 Å². The van der Waals surface area contributed by atoms with Crippen molar-refractivity contribution >= 4 is 11.9 Å². The number of carbonyl (C=O) groups excluding carboxylic acids is 1. The molecule has 4 nitrogen and oxygen atoms in total. The summed E-state index contributed by atoms with van der Waals surface area (Å²) in [5.41, 5.74) is 0. The summed E-state index contributed by atoms with van der Waals surface area (Å²) >= 11 is 0. The van der Waals surface area contributed by atoms with Crippen LogP contribution in [0.3, 0.4) is 0 Å². The molecule has 0 spiro atoms. The van der Waals surface area contributed by atoms with E-state index in [0.717, 1.165) is 13.1 Å². The molecule has 0 bridgehead atoms. The summed E-state index contributed by atoms with van der Waals surface area (Å²) < 4.78 is 0.